The molecule has 0 unspecified atom stereocenters. The maximum Gasteiger partial charge on any atom is 0.383 e. The molecule has 24 heavy (non-hydrogen) atoms. The van der Waals surface area contributed by atoms with Crippen molar-refractivity contribution < 1.29 is 33.7 Å². The lowest BCUT2D eigenvalue weighted by Crippen LogP contribution is -2.51. The van der Waals surface area contributed by atoms with Crippen LogP contribution in [0.2, 0.25) is 0 Å². The summed E-state index contributed by atoms with van der Waals surface area (Å²) in [5, 5.41) is 9.93. The third-order valence-electron chi connectivity index (χ3n) is 3.64. The van der Waals surface area contributed by atoms with Crippen molar-refractivity contribution >= 4 is 17.8 Å². The summed E-state index contributed by atoms with van der Waals surface area (Å²) in [5.41, 5.74) is 0.857. The summed E-state index contributed by atoms with van der Waals surface area (Å²) in [6, 6.07) is 9.19. The second kappa shape index (κ2) is 9.79. The van der Waals surface area contributed by atoms with Crippen LogP contribution >= 0.6 is 0 Å². The lowest BCUT2D eigenvalue weighted by Gasteiger charge is -2.23. The van der Waals surface area contributed by atoms with Crippen molar-refractivity contribution in [2.75, 3.05) is 19.7 Å². The molecule has 132 valence electrons. The summed E-state index contributed by atoms with van der Waals surface area (Å²) in [6.45, 7) is 3.33. The van der Waals surface area contributed by atoms with Gasteiger partial charge in [-0.3, -0.25) is 9.59 Å². The second-order valence-corrected chi connectivity index (χ2v) is 5.26. The zero-order valence-corrected chi connectivity index (χ0v) is 14.1. The molecule has 1 rings (SSSR count). The van der Waals surface area contributed by atoms with Gasteiger partial charge in [0.2, 0.25) is 6.61 Å². The minimum absolute atomic E-state index is 0.124. The summed E-state index contributed by atoms with van der Waals surface area (Å²) in [6.07, 6.45) is -0.300. The van der Waals surface area contributed by atoms with E-state index in [1.807, 2.05) is 30.3 Å². The van der Waals surface area contributed by atoms with Crippen molar-refractivity contribution in [2.24, 2.45) is 0 Å². The third-order valence-corrected chi connectivity index (χ3v) is 3.64. The number of hydrogen-bond donors (Lipinski definition) is 1. The largest absolute Gasteiger partial charge is 0.461 e. The van der Waals surface area contributed by atoms with Gasteiger partial charge in [-0.25, -0.2) is 10.0 Å². The molecule has 1 aromatic rings. The Morgan fingerprint density at radius 2 is 1.50 bits per heavy atom. The van der Waals surface area contributed by atoms with E-state index >= 15 is 0 Å². The van der Waals surface area contributed by atoms with E-state index in [-0.39, 0.29) is 32.5 Å². The number of rotatable bonds is 9. The molecule has 0 saturated heterocycles. The summed E-state index contributed by atoms with van der Waals surface area (Å²) < 4.78 is 9.05. The molecule has 1 aromatic carbocycles. The van der Waals surface area contributed by atoms with Crippen LogP contribution in [0.5, 0.6) is 0 Å². The fourth-order valence-electron chi connectivity index (χ4n) is 1.93. The lowest BCUT2D eigenvalue weighted by molar-refractivity contribution is -1.04. The number of hydroxylamine groups is 3. The lowest BCUT2D eigenvalue weighted by atomic mass is 10.2. The van der Waals surface area contributed by atoms with Crippen molar-refractivity contribution in [3.05, 3.63) is 35.9 Å². The number of likely N-dealkylation sites (N-methyl/N-ethyl adjacent to an activating group) is 1. The van der Waals surface area contributed by atoms with Gasteiger partial charge in [0.1, 0.15) is 19.7 Å². The normalized spacial score (nSPS) is 11.0. The van der Waals surface area contributed by atoms with Crippen molar-refractivity contribution in [3.63, 3.8) is 0 Å². The summed E-state index contributed by atoms with van der Waals surface area (Å²) in [7, 11) is 0. The average Bonchev–Trinajstić information content (AvgIpc) is 2.62. The topological polar surface area (TPSA) is 89.9 Å². The zero-order valence-electron chi connectivity index (χ0n) is 14.1. The second-order valence-electron chi connectivity index (χ2n) is 5.26. The van der Waals surface area contributed by atoms with Crippen LogP contribution in [0.1, 0.15) is 32.3 Å². The van der Waals surface area contributed by atoms with Gasteiger partial charge < -0.3 is 9.47 Å². The van der Waals surface area contributed by atoms with Crippen LogP contribution in [0.4, 0.5) is 0 Å². The number of benzene rings is 1. The van der Waals surface area contributed by atoms with Gasteiger partial charge in [-0.1, -0.05) is 30.3 Å². The first-order valence-electron chi connectivity index (χ1n) is 7.89. The van der Waals surface area contributed by atoms with Crippen molar-refractivity contribution in [2.45, 2.75) is 33.3 Å². The fraction of sp³-hybridized carbons (Fsp3) is 0.471. The van der Waals surface area contributed by atoms with Crippen molar-refractivity contribution in [1.82, 2.24) is 0 Å². The molecule has 0 radical (unpaired) electrons. The maximum absolute atomic E-state index is 11.8. The molecule has 1 amide bonds. The molecule has 1 N–H and O–H groups in total. The SMILES string of the molecule is CC[N+](O)(CC)C(=O)COC(=O)CCC(=O)OCc1ccccc1. The fourth-order valence-corrected chi connectivity index (χ4v) is 1.93. The summed E-state index contributed by atoms with van der Waals surface area (Å²) >= 11 is 0. The molecule has 0 aliphatic heterocycles. The van der Waals surface area contributed by atoms with E-state index < -0.39 is 29.1 Å². The molecule has 0 bridgehead atoms. The number of carbonyl (C=O) groups excluding carboxylic acids is 3. The first-order valence-corrected chi connectivity index (χ1v) is 7.89. The summed E-state index contributed by atoms with van der Waals surface area (Å²) in [5.74, 6) is -1.80. The van der Waals surface area contributed by atoms with Gasteiger partial charge in [-0.05, 0) is 19.4 Å². The van der Waals surface area contributed by atoms with E-state index in [0.29, 0.717) is 0 Å². The van der Waals surface area contributed by atoms with Gasteiger partial charge in [0.05, 0.1) is 12.8 Å². The minimum Gasteiger partial charge on any atom is -0.461 e. The van der Waals surface area contributed by atoms with Gasteiger partial charge in [0.15, 0.2) is 0 Å². The molecular formula is C17H24NO6+. The Morgan fingerprint density at radius 1 is 0.958 bits per heavy atom. The van der Waals surface area contributed by atoms with Gasteiger partial charge >= 0.3 is 17.8 Å². The highest BCUT2D eigenvalue weighted by Gasteiger charge is 2.32. The van der Waals surface area contributed by atoms with Crippen LogP contribution in [0.3, 0.4) is 0 Å². The van der Waals surface area contributed by atoms with Crippen LogP contribution in [-0.4, -0.2) is 47.4 Å². The maximum atomic E-state index is 11.8. The molecule has 7 heteroatoms. The average molecular weight is 338 g/mol. The van der Waals surface area contributed by atoms with E-state index in [4.69, 9.17) is 9.47 Å². The number of carbonyl (C=O) groups is 3. The van der Waals surface area contributed by atoms with Crippen LogP contribution in [0.25, 0.3) is 0 Å². The minimum atomic E-state index is -0.785. The predicted molar refractivity (Wildman–Crippen MR) is 84.6 cm³/mol. The Hall–Kier alpha value is -2.25. The van der Waals surface area contributed by atoms with Crippen molar-refractivity contribution in [1.29, 1.82) is 0 Å². The number of amides is 1. The molecule has 0 saturated carbocycles. The highest BCUT2D eigenvalue weighted by molar-refractivity contribution is 5.79. The van der Waals surface area contributed by atoms with E-state index in [1.54, 1.807) is 13.8 Å². The monoisotopic (exact) mass is 338 g/mol. The molecule has 7 nitrogen and oxygen atoms in total. The molecule has 0 aromatic heterocycles. The standard InChI is InChI=1S/C17H24NO6/c1-3-18(22,4-2)15(19)13-24-17(21)11-10-16(20)23-12-14-8-6-5-7-9-14/h5-9,22H,3-4,10-13H2,1-2H3/q+1. The number of ether oxygens (including phenoxy) is 2. The summed E-state index contributed by atoms with van der Waals surface area (Å²) in [4.78, 5) is 34.9. The van der Waals surface area contributed by atoms with Gasteiger partial charge in [-0.15, -0.1) is 4.65 Å². The van der Waals surface area contributed by atoms with Crippen LogP contribution in [0, 0.1) is 0 Å². The van der Waals surface area contributed by atoms with E-state index in [2.05, 4.69) is 0 Å². The number of nitrogens with zero attached hydrogens (tertiary/aromatic N) is 1. The smallest absolute Gasteiger partial charge is 0.383 e. The Balaban J connectivity index is 2.26. The highest BCUT2D eigenvalue weighted by atomic mass is 16.6. The van der Waals surface area contributed by atoms with Gasteiger partial charge in [0.25, 0.3) is 0 Å². The Bertz CT molecular complexity index is 553. The highest BCUT2D eigenvalue weighted by Crippen LogP contribution is 2.05. The quantitative estimate of drug-likeness (QED) is 0.320. The van der Waals surface area contributed by atoms with Gasteiger partial charge in [-0.2, -0.15) is 0 Å². The number of quaternary nitrogens is 1. The molecule has 0 aliphatic rings. The molecule has 0 fully saturated rings. The first-order chi connectivity index (χ1) is 11.4. The number of hydrogen-bond acceptors (Lipinski definition) is 6. The van der Waals surface area contributed by atoms with Crippen LogP contribution in [-0.2, 0) is 30.5 Å². The zero-order chi connectivity index (χ0) is 18.0. The Morgan fingerprint density at radius 3 is 2.04 bits per heavy atom. The van der Waals surface area contributed by atoms with Crippen molar-refractivity contribution in [3.8, 4) is 0 Å². The van der Waals surface area contributed by atoms with Gasteiger partial charge in [0, 0.05) is 0 Å². The third kappa shape index (κ3) is 6.47. The molecule has 0 heterocycles. The first kappa shape index (κ1) is 19.8. The van der Waals surface area contributed by atoms with Crippen LogP contribution in [0.15, 0.2) is 30.3 Å². The molecular weight excluding hydrogens is 314 g/mol. The Labute approximate surface area is 141 Å². The van der Waals surface area contributed by atoms with E-state index in [9.17, 15) is 19.6 Å². The number of esters is 2. The molecule has 0 aliphatic carbocycles. The van der Waals surface area contributed by atoms with Crippen LogP contribution < -0.4 is 0 Å². The predicted octanol–water partition coefficient (Wildman–Crippen LogP) is 1.83. The molecule has 0 spiro atoms. The Kier molecular flexibility index (Phi) is 8.08. The van der Waals surface area contributed by atoms with E-state index in [0.717, 1.165) is 5.56 Å². The van der Waals surface area contributed by atoms with E-state index in [1.165, 1.54) is 0 Å². The molecule has 0 atom stereocenters.